The van der Waals surface area contributed by atoms with Crippen LogP contribution in [0.15, 0.2) is 17.2 Å². The predicted octanol–water partition coefficient (Wildman–Crippen LogP) is 0.949. The van der Waals surface area contributed by atoms with E-state index in [9.17, 15) is 4.79 Å². The van der Waals surface area contributed by atoms with Crippen molar-refractivity contribution < 1.29 is 4.74 Å². The van der Waals surface area contributed by atoms with E-state index in [0.717, 1.165) is 12.8 Å². The Morgan fingerprint density at radius 3 is 3.17 bits per heavy atom. The molecule has 0 spiro atoms. The predicted molar refractivity (Wildman–Crippen MR) is 45.3 cm³/mol. The summed E-state index contributed by atoms with van der Waals surface area (Å²) in [6.45, 7) is 2.61. The van der Waals surface area contributed by atoms with Gasteiger partial charge in [-0.2, -0.15) is 0 Å². The van der Waals surface area contributed by atoms with E-state index in [2.05, 4.69) is 16.9 Å². The molecular formula is C8H12N2O2. The SMILES string of the molecule is CCCCOc1ncc[nH]c1=O. The fraction of sp³-hybridized carbons (Fsp3) is 0.500. The number of rotatable bonds is 4. The number of ether oxygens (including phenoxy) is 1. The molecule has 0 amide bonds. The van der Waals surface area contributed by atoms with Gasteiger partial charge in [0.2, 0.25) is 0 Å². The van der Waals surface area contributed by atoms with Crippen LogP contribution in [0.2, 0.25) is 0 Å². The maximum Gasteiger partial charge on any atom is 0.310 e. The van der Waals surface area contributed by atoms with Gasteiger partial charge in [-0.1, -0.05) is 13.3 Å². The van der Waals surface area contributed by atoms with E-state index in [0.29, 0.717) is 6.61 Å². The van der Waals surface area contributed by atoms with Crippen molar-refractivity contribution in [2.45, 2.75) is 19.8 Å². The normalized spacial score (nSPS) is 9.75. The monoisotopic (exact) mass is 168 g/mol. The van der Waals surface area contributed by atoms with Gasteiger partial charge in [-0.15, -0.1) is 0 Å². The van der Waals surface area contributed by atoms with Crippen LogP contribution < -0.4 is 10.3 Å². The van der Waals surface area contributed by atoms with Gasteiger partial charge in [0.1, 0.15) is 0 Å². The van der Waals surface area contributed by atoms with Gasteiger partial charge < -0.3 is 9.72 Å². The van der Waals surface area contributed by atoms with Gasteiger partial charge in [0.25, 0.3) is 5.88 Å². The van der Waals surface area contributed by atoms with Crippen LogP contribution in [-0.2, 0) is 0 Å². The Kier molecular flexibility index (Phi) is 3.32. The van der Waals surface area contributed by atoms with Crippen molar-refractivity contribution >= 4 is 0 Å². The lowest BCUT2D eigenvalue weighted by Gasteiger charge is -2.00. The van der Waals surface area contributed by atoms with Crippen LogP contribution in [-0.4, -0.2) is 16.6 Å². The van der Waals surface area contributed by atoms with Gasteiger partial charge in [-0.3, -0.25) is 4.79 Å². The first-order valence-corrected chi connectivity index (χ1v) is 4.01. The molecule has 1 aromatic rings. The number of nitrogens with zero attached hydrogens (tertiary/aromatic N) is 1. The highest BCUT2D eigenvalue weighted by molar-refractivity contribution is 5.01. The standard InChI is InChI=1S/C8H12N2O2/c1-2-3-6-12-8-7(11)9-4-5-10-8/h4-5H,2-3,6H2,1H3,(H,9,11). The Bertz CT molecular complexity index is 282. The van der Waals surface area contributed by atoms with Gasteiger partial charge in [-0.05, 0) is 6.42 Å². The summed E-state index contributed by atoms with van der Waals surface area (Å²) in [5, 5.41) is 0. The van der Waals surface area contributed by atoms with Crippen molar-refractivity contribution in [3.8, 4) is 5.88 Å². The maximum absolute atomic E-state index is 11.0. The van der Waals surface area contributed by atoms with Crippen LogP contribution in [0.5, 0.6) is 5.88 Å². The molecule has 0 saturated heterocycles. The second-order valence-corrected chi connectivity index (χ2v) is 2.43. The molecule has 1 heterocycles. The molecule has 0 atom stereocenters. The Morgan fingerprint density at radius 2 is 2.50 bits per heavy atom. The summed E-state index contributed by atoms with van der Waals surface area (Å²) in [6, 6.07) is 0. The van der Waals surface area contributed by atoms with E-state index in [1.165, 1.54) is 12.4 Å². The smallest absolute Gasteiger partial charge is 0.310 e. The second-order valence-electron chi connectivity index (χ2n) is 2.43. The lowest BCUT2D eigenvalue weighted by molar-refractivity contribution is 0.293. The number of unbranched alkanes of at least 4 members (excludes halogenated alkanes) is 1. The molecule has 0 saturated carbocycles. The Morgan fingerprint density at radius 1 is 1.67 bits per heavy atom. The average molecular weight is 168 g/mol. The number of H-pyrrole nitrogens is 1. The third kappa shape index (κ3) is 2.38. The molecule has 4 nitrogen and oxygen atoms in total. The van der Waals surface area contributed by atoms with Crippen molar-refractivity contribution in [2.75, 3.05) is 6.61 Å². The summed E-state index contributed by atoms with van der Waals surface area (Å²) in [4.78, 5) is 17.2. The van der Waals surface area contributed by atoms with Gasteiger partial charge in [-0.25, -0.2) is 4.98 Å². The summed E-state index contributed by atoms with van der Waals surface area (Å²) in [6.07, 6.45) is 4.97. The highest BCUT2D eigenvalue weighted by atomic mass is 16.5. The zero-order valence-corrected chi connectivity index (χ0v) is 7.04. The molecule has 12 heavy (non-hydrogen) atoms. The van der Waals surface area contributed by atoms with Crippen LogP contribution in [0.1, 0.15) is 19.8 Å². The molecule has 1 rings (SSSR count). The minimum atomic E-state index is -0.270. The van der Waals surface area contributed by atoms with Gasteiger partial charge >= 0.3 is 5.56 Å². The fourth-order valence-corrected chi connectivity index (χ4v) is 0.754. The number of hydrogen-bond donors (Lipinski definition) is 1. The van der Waals surface area contributed by atoms with E-state index in [4.69, 9.17) is 4.74 Å². The van der Waals surface area contributed by atoms with E-state index in [1.54, 1.807) is 0 Å². The number of aromatic nitrogens is 2. The average Bonchev–Trinajstić information content (AvgIpc) is 2.09. The first-order valence-electron chi connectivity index (χ1n) is 4.01. The first kappa shape index (κ1) is 8.77. The summed E-state index contributed by atoms with van der Waals surface area (Å²) in [5.74, 6) is 0.158. The molecule has 66 valence electrons. The zero-order chi connectivity index (χ0) is 8.81. The van der Waals surface area contributed by atoms with Crippen LogP contribution in [0, 0.1) is 0 Å². The molecule has 0 bridgehead atoms. The minimum Gasteiger partial charge on any atom is -0.474 e. The van der Waals surface area contributed by atoms with E-state index in [1.807, 2.05) is 0 Å². The third-order valence-electron chi connectivity index (χ3n) is 1.41. The molecule has 1 aromatic heterocycles. The number of aromatic amines is 1. The lowest BCUT2D eigenvalue weighted by atomic mass is 10.4. The van der Waals surface area contributed by atoms with Gasteiger partial charge in [0, 0.05) is 12.4 Å². The minimum absolute atomic E-state index is 0.158. The first-order chi connectivity index (χ1) is 5.84. The highest BCUT2D eigenvalue weighted by Crippen LogP contribution is 1.95. The maximum atomic E-state index is 11.0. The summed E-state index contributed by atoms with van der Waals surface area (Å²) in [5.41, 5.74) is -0.270. The topological polar surface area (TPSA) is 55.0 Å². The van der Waals surface area contributed by atoms with Crippen LogP contribution in [0.4, 0.5) is 0 Å². The van der Waals surface area contributed by atoms with E-state index in [-0.39, 0.29) is 11.4 Å². The quantitative estimate of drug-likeness (QED) is 0.681. The molecule has 0 aliphatic rings. The molecule has 1 N–H and O–H groups in total. The molecular weight excluding hydrogens is 156 g/mol. The van der Waals surface area contributed by atoms with Gasteiger partial charge in [0.15, 0.2) is 0 Å². The molecule has 0 unspecified atom stereocenters. The van der Waals surface area contributed by atoms with Crippen molar-refractivity contribution in [3.63, 3.8) is 0 Å². The Balaban J connectivity index is 2.52. The second kappa shape index (κ2) is 4.54. The molecule has 4 heteroatoms. The Labute approximate surface area is 70.6 Å². The van der Waals surface area contributed by atoms with Crippen LogP contribution in [0.3, 0.4) is 0 Å². The van der Waals surface area contributed by atoms with E-state index >= 15 is 0 Å². The van der Waals surface area contributed by atoms with Gasteiger partial charge in [0.05, 0.1) is 6.61 Å². The van der Waals surface area contributed by atoms with Crippen molar-refractivity contribution in [1.29, 1.82) is 0 Å². The highest BCUT2D eigenvalue weighted by Gasteiger charge is 1.98. The zero-order valence-electron chi connectivity index (χ0n) is 7.04. The van der Waals surface area contributed by atoms with Crippen LogP contribution >= 0.6 is 0 Å². The summed E-state index contributed by atoms with van der Waals surface area (Å²) in [7, 11) is 0. The van der Waals surface area contributed by atoms with Crippen molar-refractivity contribution in [2.24, 2.45) is 0 Å². The molecule has 0 aromatic carbocycles. The molecule has 0 fully saturated rings. The van der Waals surface area contributed by atoms with Crippen molar-refractivity contribution in [3.05, 3.63) is 22.7 Å². The molecule has 0 aliphatic carbocycles. The third-order valence-corrected chi connectivity index (χ3v) is 1.41. The van der Waals surface area contributed by atoms with E-state index < -0.39 is 0 Å². The largest absolute Gasteiger partial charge is 0.474 e. The van der Waals surface area contributed by atoms with Crippen molar-refractivity contribution in [1.82, 2.24) is 9.97 Å². The lowest BCUT2D eigenvalue weighted by Crippen LogP contribution is -2.12. The number of hydrogen-bond acceptors (Lipinski definition) is 3. The molecule has 0 radical (unpaired) electrons. The number of nitrogens with one attached hydrogen (secondary N) is 1. The molecule has 0 aliphatic heterocycles. The fourth-order valence-electron chi connectivity index (χ4n) is 0.754. The Hall–Kier alpha value is -1.32. The van der Waals surface area contributed by atoms with Crippen LogP contribution in [0.25, 0.3) is 0 Å². The summed E-state index contributed by atoms with van der Waals surface area (Å²) >= 11 is 0. The summed E-state index contributed by atoms with van der Waals surface area (Å²) < 4.78 is 5.12.